The molecule has 3 aromatic rings. The van der Waals surface area contributed by atoms with Gasteiger partial charge in [-0.05, 0) is 37.5 Å². The number of amides is 3. The molecule has 0 aliphatic rings. The highest BCUT2D eigenvalue weighted by Gasteiger charge is 2.22. The van der Waals surface area contributed by atoms with E-state index in [2.05, 4.69) is 15.8 Å². The fourth-order valence-corrected chi connectivity index (χ4v) is 3.64. The quantitative estimate of drug-likeness (QED) is 0.290. The Morgan fingerprint density at radius 2 is 1.97 bits per heavy atom. The number of benzene rings is 2. The van der Waals surface area contributed by atoms with Crippen LogP contribution in [0.25, 0.3) is 11.3 Å². The Balaban J connectivity index is 1.55. The summed E-state index contributed by atoms with van der Waals surface area (Å²) in [6, 6.07) is 11.0. The summed E-state index contributed by atoms with van der Waals surface area (Å²) in [5.74, 6) is -1.52. The van der Waals surface area contributed by atoms with Crippen molar-refractivity contribution in [3.05, 3.63) is 70.8 Å². The average Bonchev–Trinajstić information content (AvgIpc) is 3.35. The molecule has 0 unspecified atom stereocenters. The van der Waals surface area contributed by atoms with Crippen molar-refractivity contribution in [3.63, 3.8) is 0 Å². The molecular weight excluding hydrogens is 510 g/mol. The van der Waals surface area contributed by atoms with Crippen LogP contribution in [0.4, 0.5) is 24.2 Å². The van der Waals surface area contributed by atoms with Crippen molar-refractivity contribution in [2.75, 3.05) is 25.6 Å². The van der Waals surface area contributed by atoms with Crippen LogP contribution in [0.3, 0.4) is 0 Å². The molecule has 0 saturated heterocycles. The average molecular weight is 537 g/mol. The lowest BCUT2D eigenvalue weighted by atomic mass is 10.1. The molecule has 0 saturated carbocycles. The Bertz CT molecular complexity index is 1210. The maximum absolute atomic E-state index is 13.9. The van der Waals surface area contributed by atoms with Crippen molar-refractivity contribution in [1.82, 2.24) is 15.4 Å². The third-order valence-electron chi connectivity index (χ3n) is 5.53. The van der Waals surface area contributed by atoms with Crippen LogP contribution in [0.5, 0.6) is 0 Å². The second-order valence-corrected chi connectivity index (χ2v) is 8.60. The van der Waals surface area contributed by atoms with Crippen LogP contribution in [0, 0.1) is 11.6 Å². The highest BCUT2D eigenvalue weighted by Crippen LogP contribution is 2.25. The van der Waals surface area contributed by atoms with E-state index in [1.54, 1.807) is 24.3 Å². The molecule has 1 atom stereocenters. The number of unbranched alkanes of at least 4 members (excludes halogenated alkanes) is 1. The minimum absolute atomic E-state index is 0.000960. The van der Waals surface area contributed by atoms with Gasteiger partial charge in [-0.15, -0.1) is 0 Å². The summed E-state index contributed by atoms with van der Waals surface area (Å²) in [4.78, 5) is 26.3. The molecule has 1 aromatic heterocycles. The molecule has 0 aliphatic heterocycles. The summed E-state index contributed by atoms with van der Waals surface area (Å²) in [5.41, 5.74) is 0.676. The summed E-state index contributed by atoms with van der Waals surface area (Å²) in [6.45, 7) is -0.406. The van der Waals surface area contributed by atoms with Gasteiger partial charge in [0.2, 0.25) is 0 Å². The second kappa shape index (κ2) is 13.6. The van der Waals surface area contributed by atoms with E-state index in [1.807, 2.05) is 0 Å². The number of halogens is 3. The van der Waals surface area contributed by atoms with E-state index in [1.165, 1.54) is 30.1 Å². The number of ether oxygens (including phenoxy) is 1. The zero-order chi connectivity index (χ0) is 26.8. The monoisotopic (exact) mass is 536 g/mol. The number of aliphatic hydroxyl groups excluding tert-OH is 1. The molecule has 198 valence electrons. The highest BCUT2D eigenvalue weighted by molar-refractivity contribution is 6.30. The van der Waals surface area contributed by atoms with E-state index in [9.17, 15) is 18.4 Å². The first kappa shape index (κ1) is 27.9. The van der Waals surface area contributed by atoms with Gasteiger partial charge in [-0.25, -0.2) is 18.4 Å². The second-order valence-electron chi connectivity index (χ2n) is 8.17. The summed E-state index contributed by atoms with van der Waals surface area (Å²) in [6.07, 6.45) is 0.676. The zero-order valence-electron chi connectivity index (χ0n) is 20.0. The molecule has 37 heavy (non-hydrogen) atoms. The smallest absolute Gasteiger partial charge is 0.412 e. The fraction of sp³-hybridized carbons (Fsp3) is 0.320. The molecule has 1 heterocycles. The summed E-state index contributed by atoms with van der Waals surface area (Å²) in [5, 5.41) is 18.4. The van der Waals surface area contributed by atoms with Crippen molar-refractivity contribution >= 4 is 29.5 Å². The number of carbonyl (C=O) groups excluding carboxylic acids is 2. The van der Waals surface area contributed by atoms with Gasteiger partial charge in [0, 0.05) is 42.4 Å². The normalized spacial score (nSPS) is 11.6. The van der Waals surface area contributed by atoms with E-state index in [0.29, 0.717) is 35.6 Å². The molecule has 0 fully saturated rings. The van der Waals surface area contributed by atoms with Crippen LogP contribution in [0.1, 0.15) is 24.8 Å². The number of aliphatic hydroxyl groups is 1. The molecule has 3 rings (SSSR count). The first-order chi connectivity index (χ1) is 17.8. The van der Waals surface area contributed by atoms with E-state index in [4.69, 9.17) is 26.0 Å². The van der Waals surface area contributed by atoms with Crippen molar-refractivity contribution in [2.45, 2.75) is 31.8 Å². The number of rotatable bonds is 11. The predicted molar refractivity (Wildman–Crippen MR) is 133 cm³/mol. The maximum atomic E-state index is 13.9. The number of nitrogens with one attached hydrogen (secondary N) is 2. The minimum atomic E-state index is -1.03. The molecule has 0 spiro atoms. The van der Waals surface area contributed by atoms with Gasteiger partial charge in [0.1, 0.15) is 6.61 Å². The lowest BCUT2D eigenvalue weighted by Gasteiger charge is -2.28. The summed E-state index contributed by atoms with van der Waals surface area (Å²) < 4.78 is 37.8. The molecule has 0 radical (unpaired) electrons. The third-order valence-corrected chi connectivity index (χ3v) is 5.77. The molecule has 0 aliphatic carbocycles. The van der Waals surface area contributed by atoms with Crippen LogP contribution in [0.2, 0.25) is 5.02 Å². The van der Waals surface area contributed by atoms with E-state index >= 15 is 0 Å². The van der Waals surface area contributed by atoms with Gasteiger partial charge in [0.25, 0.3) is 0 Å². The number of hydrogen-bond donors (Lipinski definition) is 3. The zero-order valence-corrected chi connectivity index (χ0v) is 20.8. The molecule has 3 amide bonds. The van der Waals surface area contributed by atoms with E-state index in [-0.39, 0.29) is 31.1 Å². The summed E-state index contributed by atoms with van der Waals surface area (Å²) in [7, 11) is 1.50. The SMILES string of the molecule is CN(C(=O)NCc1cccc(F)c1F)[C@@H](CCCCO)COC(=O)Nc1cc(-c2cccc(Cl)c2)on1. The number of aromatic nitrogens is 1. The maximum Gasteiger partial charge on any atom is 0.412 e. The Labute approximate surface area is 217 Å². The van der Waals surface area contributed by atoms with Gasteiger partial charge in [-0.1, -0.05) is 41.0 Å². The van der Waals surface area contributed by atoms with Crippen molar-refractivity contribution in [2.24, 2.45) is 0 Å². The van der Waals surface area contributed by atoms with Crippen LogP contribution in [-0.4, -0.2) is 53.6 Å². The van der Waals surface area contributed by atoms with Gasteiger partial charge in [-0.3, -0.25) is 5.32 Å². The van der Waals surface area contributed by atoms with Gasteiger partial charge >= 0.3 is 12.1 Å². The van der Waals surface area contributed by atoms with Gasteiger partial charge in [0.05, 0.1) is 6.04 Å². The number of hydrogen-bond acceptors (Lipinski definition) is 6. The van der Waals surface area contributed by atoms with E-state index in [0.717, 1.165) is 6.07 Å². The Morgan fingerprint density at radius 3 is 2.73 bits per heavy atom. The molecule has 3 N–H and O–H groups in total. The molecule has 12 heteroatoms. The number of carbonyl (C=O) groups is 2. The largest absolute Gasteiger partial charge is 0.447 e. The highest BCUT2D eigenvalue weighted by atomic mass is 35.5. The third kappa shape index (κ3) is 8.16. The topological polar surface area (TPSA) is 117 Å². The Kier molecular flexibility index (Phi) is 10.2. The van der Waals surface area contributed by atoms with Crippen LogP contribution >= 0.6 is 11.6 Å². The van der Waals surface area contributed by atoms with Crippen LogP contribution < -0.4 is 10.6 Å². The number of nitrogens with zero attached hydrogens (tertiary/aromatic N) is 2. The van der Waals surface area contributed by atoms with Crippen molar-refractivity contribution in [1.29, 1.82) is 0 Å². The van der Waals surface area contributed by atoms with E-state index < -0.39 is 29.8 Å². The standard InChI is InChI=1S/C25H27ClF2N4O5/c1-32(24(34)29-14-17-7-5-10-20(27)23(17)28)19(9-2-3-11-33)15-36-25(35)30-22-13-21(37-31-22)16-6-4-8-18(26)12-16/h4-8,10,12-13,19,33H,2-3,9,11,14-15H2,1H3,(H,29,34)(H,30,31,35)/t19-/m0/s1. The Hall–Kier alpha value is -3.70. The number of anilines is 1. The van der Waals surface area contributed by atoms with Crippen molar-refractivity contribution < 1.29 is 32.7 Å². The number of urea groups is 1. The predicted octanol–water partition coefficient (Wildman–Crippen LogP) is 5.19. The first-order valence-electron chi connectivity index (χ1n) is 11.5. The molecule has 2 aromatic carbocycles. The van der Waals surface area contributed by atoms with Crippen LogP contribution in [0.15, 0.2) is 53.1 Å². The fourth-order valence-electron chi connectivity index (χ4n) is 3.45. The minimum Gasteiger partial charge on any atom is -0.447 e. The van der Waals surface area contributed by atoms with Gasteiger partial charge < -0.3 is 24.6 Å². The lowest BCUT2D eigenvalue weighted by Crippen LogP contribution is -2.46. The lowest BCUT2D eigenvalue weighted by molar-refractivity contribution is 0.112. The molecular formula is C25H27ClF2N4O5. The molecule has 9 nitrogen and oxygen atoms in total. The first-order valence-corrected chi connectivity index (χ1v) is 11.9. The Morgan fingerprint density at radius 1 is 1.19 bits per heavy atom. The summed E-state index contributed by atoms with van der Waals surface area (Å²) >= 11 is 5.98. The van der Waals surface area contributed by atoms with Crippen LogP contribution in [-0.2, 0) is 11.3 Å². The molecule has 0 bridgehead atoms. The van der Waals surface area contributed by atoms with Gasteiger partial charge in [-0.2, -0.15) is 0 Å². The van der Waals surface area contributed by atoms with Crippen molar-refractivity contribution in [3.8, 4) is 11.3 Å². The van der Waals surface area contributed by atoms with Gasteiger partial charge in [0.15, 0.2) is 23.2 Å². The number of likely N-dealkylation sites (N-methyl/N-ethyl adjacent to an activating group) is 1.